The van der Waals surface area contributed by atoms with Crippen molar-refractivity contribution in [1.82, 2.24) is 0 Å². The quantitative estimate of drug-likeness (QED) is 0.475. The number of esters is 1. The monoisotopic (exact) mass is 290 g/mol. The number of carbonyl (C=O) groups is 1. The molecule has 1 aromatic carbocycles. The molecule has 0 atom stereocenters. The van der Waals surface area contributed by atoms with Crippen molar-refractivity contribution in [1.29, 1.82) is 0 Å². The number of alkyl halides is 1. The lowest BCUT2D eigenvalue weighted by Gasteiger charge is -2.03. The Morgan fingerprint density at radius 2 is 1.85 bits per heavy atom. The van der Waals surface area contributed by atoms with Crippen molar-refractivity contribution in [2.45, 2.75) is 13.8 Å². The van der Waals surface area contributed by atoms with E-state index in [0.717, 1.165) is 11.1 Å². The van der Waals surface area contributed by atoms with Gasteiger partial charge in [0.05, 0.1) is 5.56 Å². The molecule has 13 heavy (non-hydrogen) atoms. The maximum atomic E-state index is 11.3. The average Bonchev–Trinajstić information content (AvgIpc) is 2.03. The van der Waals surface area contributed by atoms with Gasteiger partial charge in [0.1, 0.15) is 4.61 Å². The van der Waals surface area contributed by atoms with E-state index in [-0.39, 0.29) is 5.97 Å². The first-order valence-electron chi connectivity index (χ1n) is 3.95. The lowest BCUT2D eigenvalue weighted by atomic mass is 10.1. The van der Waals surface area contributed by atoms with Crippen molar-refractivity contribution in [3.8, 4) is 0 Å². The minimum Gasteiger partial charge on any atom is -0.451 e. The second-order valence-electron chi connectivity index (χ2n) is 2.92. The van der Waals surface area contributed by atoms with E-state index >= 15 is 0 Å². The topological polar surface area (TPSA) is 26.3 Å². The van der Waals surface area contributed by atoms with Crippen LogP contribution in [0.4, 0.5) is 0 Å². The number of hydrogen-bond donors (Lipinski definition) is 0. The second-order valence-corrected chi connectivity index (χ2v) is 3.54. The minimum absolute atomic E-state index is 0.249. The summed E-state index contributed by atoms with van der Waals surface area (Å²) in [4.78, 5) is 11.3. The average molecular weight is 290 g/mol. The van der Waals surface area contributed by atoms with Crippen molar-refractivity contribution in [3.63, 3.8) is 0 Å². The summed E-state index contributed by atoms with van der Waals surface area (Å²) in [5, 5.41) is 0. The molecule has 0 saturated carbocycles. The molecule has 0 aliphatic heterocycles. The molecule has 70 valence electrons. The van der Waals surface area contributed by atoms with Crippen molar-refractivity contribution in [2.75, 3.05) is 4.61 Å². The fourth-order valence-corrected chi connectivity index (χ4v) is 1.51. The number of aryl methyl sites for hydroxylation is 2. The molecule has 0 aliphatic rings. The van der Waals surface area contributed by atoms with Gasteiger partial charge in [-0.25, -0.2) is 4.79 Å². The van der Waals surface area contributed by atoms with Gasteiger partial charge in [0, 0.05) is 0 Å². The largest absolute Gasteiger partial charge is 0.451 e. The molecule has 3 heteroatoms. The zero-order valence-electron chi connectivity index (χ0n) is 7.63. The van der Waals surface area contributed by atoms with Crippen LogP contribution < -0.4 is 0 Å². The first kappa shape index (κ1) is 10.5. The van der Waals surface area contributed by atoms with E-state index in [1.807, 2.05) is 54.6 Å². The number of hydrogen-bond acceptors (Lipinski definition) is 2. The molecule has 0 aromatic heterocycles. The van der Waals surface area contributed by atoms with Crippen LogP contribution in [0.3, 0.4) is 0 Å². The van der Waals surface area contributed by atoms with E-state index in [0.29, 0.717) is 10.2 Å². The van der Waals surface area contributed by atoms with Crippen LogP contribution in [0, 0.1) is 13.8 Å². The van der Waals surface area contributed by atoms with E-state index < -0.39 is 0 Å². The molecule has 1 aromatic rings. The summed E-state index contributed by atoms with van der Waals surface area (Å²) in [5.41, 5.74) is 2.80. The summed E-state index contributed by atoms with van der Waals surface area (Å²) in [5.74, 6) is -0.249. The summed E-state index contributed by atoms with van der Waals surface area (Å²) in [6, 6.07) is 5.70. The molecule has 0 N–H and O–H groups in total. The number of rotatable bonds is 2. The van der Waals surface area contributed by atoms with Gasteiger partial charge in [-0.3, -0.25) is 0 Å². The molecule has 0 amide bonds. The predicted octanol–water partition coefficient (Wildman–Crippen LogP) is 2.85. The Morgan fingerprint density at radius 3 is 2.31 bits per heavy atom. The van der Waals surface area contributed by atoms with Crippen molar-refractivity contribution in [3.05, 3.63) is 34.9 Å². The Bertz CT molecular complexity index is 300. The van der Waals surface area contributed by atoms with Crippen LogP contribution >= 0.6 is 22.6 Å². The second kappa shape index (κ2) is 4.60. The third-order valence-corrected chi connectivity index (χ3v) is 1.95. The Morgan fingerprint density at radius 1 is 1.31 bits per heavy atom. The Balaban J connectivity index is 2.94. The first-order chi connectivity index (χ1) is 6.13. The van der Waals surface area contributed by atoms with Crippen molar-refractivity contribution >= 4 is 28.6 Å². The molecular weight excluding hydrogens is 279 g/mol. The molecule has 0 aliphatic carbocycles. The van der Waals surface area contributed by atoms with E-state index in [4.69, 9.17) is 4.74 Å². The van der Waals surface area contributed by atoms with Crippen LogP contribution in [0.15, 0.2) is 18.2 Å². The summed E-state index contributed by atoms with van der Waals surface area (Å²) in [6.07, 6.45) is 0. The third-order valence-electron chi connectivity index (χ3n) is 1.64. The highest BCUT2D eigenvalue weighted by molar-refractivity contribution is 14.1. The maximum absolute atomic E-state index is 11.3. The zero-order valence-corrected chi connectivity index (χ0v) is 9.79. The zero-order chi connectivity index (χ0) is 9.84. The number of ether oxygens (including phenoxy) is 1. The van der Waals surface area contributed by atoms with Gasteiger partial charge >= 0.3 is 5.97 Å². The molecule has 0 bridgehead atoms. The van der Waals surface area contributed by atoms with Gasteiger partial charge in [0.15, 0.2) is 0 Å². The molecule has 0 unspecified atom stereocenters. The summed E-state index contributed by atoms with van der Waals surface area (Å²) >= 11 is 2.00. The van der Waals surface area contributed by atoms with Crippen molar-refractivity contribution < 1.29 is 9.53 Å². The highest BCUT2D eigenvalue weighted by atomic mass is 127. The Labute approximate surface area is 91.4 Å². The van der Waals surface area contributed by atoms with Crippen LogP contribution in [-0.4, -0.2) is 10.6 Å². The Kier molecular flexibility index (Phi) is 3.71. The van der Waals surface area contributed by atoms with Crippen LogP contribution in [0.1, 0.15) is 21.5 Å². The molecule has 1 rings (SSSR count). The van der Waals surface area contributed by atoms with E-state index in [1.165, 1.54) is 0 Å². The van der Waals surface area contributed by atoms with Gasteiger partial charge in [0.2, 0.25) is 0 Å². The number of halogens is 1. The van der Waals surface area contributed by atoms with E-state index in [1.54, 1.807) is 0 Å². The van der Waals surface area contributed by atoms with Crippen molar-refractivity contribution in [2.24, 2.45) is 0 Å². The third kappa shape index (κ3) is 2.99. The summed E-state index contributed by atoms with van der Waals surface area (Å²) in [7, 11) is 0. The molecule has 0 fully saturated rings. The molecule has 2 nitrogen and oxygen atoms in total. The molecule has 0 heterocycles. The fraction of sp³-hybridized carbons (Fsp3) is 0.300. The van der Waals surface area contributed by atoms with Gasteiger partial charge in [-0.1, -0.05) is 17.2 Å². The first-order valence-corrected chi connectivity index (χ1v) is 5.47. The van der Waals surface area contributed by atoms with Gasteiger partial charge in [-0.05, 0) is 48.6 Å². The standard InChI is InChI=1S/C10H11IO2/c1-7-3-8(2)5-9(4-7)10(12)13-6-11/h3-5H,6H2,1-2H3. The minimum atomic E-state index is -0.249. The molecule has 0 radical (unpaired) electrons. The maximum Gasteiger partial charge on any atom is 0.338 e. The van der Waals surface area contributed by atoms with E-state index in [9.17, 15) is 4.79 Å². The van der Waals surface area contributed by atoms with Gasteiger partial charge in [0.25, 0.3) is 0 Å². The van der Waals surface area contributed by atoms with Crippen LogP contribution in [-0.2, 0) is 4.74 Å². The highest BCUT2D eigenvalue weighted by Gasteiger charge is 2.06. The summed E-state index contributed by atoms with van der Waals surface area (Å²) < 4.78 is 5.28. The molecular formula is C10H11IO2. The summed E-state index contributed by atoms with van der Waals surface area (Å²) in [6.45, 7) is 3.93. The number of benzene rings is 1. The van der Waals surface area contributed by atoms with Crippen LogP contribution in [0.2, 0.25) is 0 Å². The smallest absolute Gasteiger partial charge is 0.338 e. The lowest BCUT2D eigenvalue weighted by Crippen LogP contribution is -2.03. The van der Waals surface area contributed by atoms with Crippen LogP contribution in [0.25, 0.3) is 0 Å². The highest BCUT2D eigenvalue weighted by Crippen LogP contribution is 2.10. The lowest BCUT2D eigenvalue weighted by molar-refractivity contribution is 0.0590. The normalized spacial score (nSPS) is 9.77. The van der Waals surface area contributed by atoms with Gasteiger partial charge in [-0.2, -0.15) is 0 Å². The SMILES string of the molecule is Cc1cc(C)cc(C(=O)OCI)c1. The van der Waals surface area contributed by atoms with Crippen LogP contribution in [0.5, 0.6) is 0 Å². The molecule has 0 saturated heterocycles. The fourth-order valence-electron chi connectivity index (χ4n) is 1.23. The molecule has 0 spiro atoms. The number of carbonyl (C=O) groups excluding carboxylic acids is 1. The van der Waals surface area contributed by atoms with Gasteiger partial charge < -0.3 is 4.74 Å². The van der Waals surface area contributed by atoms with Gasteiger partial charge in [-0.15, -0.1) is 0 Å². The Hall–Kier alpha value is -0.580. The van der Waals surface area contributed by atoms with E-state index in [2.05, 4.69) is 0 Å². The predicted molar refractivity (Wildman–Crippen MR) is 60.2 cm³/mol.